The maximum atomic E-state index is 2.47. The van der Waals surface area contributed by atoms with Gasteiger partial charge in [-0.1, -0.05) is 86.0 Å². The maximum Gasteiger partial charge on any atom is -0.0365 e. The molecule has 2 unspecified atom stereocenters. The van der Waals surface area contributed by atoms with Crippen LogP contribution in [0.25, 0.3) is 0 Å². The van der Waals surface area contributed by atoms with Crippen LogP contribution < -0.4 is 0 Å². The summed E-state index contributed by atoms with van der Waals surface area (Å²) in [4.78, 5) is 0. The van der Waals surface area contributed by atoms with Crippen LogP contribution in [0.4, 0.5) is 0 Å². The van der Waals surface area contributed by atoms with Gasteiger partial charge < -0.3 is 0 Å². The van der Waals surface area contributed by atoms with E-state index in [1.54, 1.807) is 0 Å². The second kappa shape index (κ2) is 10.2. The molecule has 0 heteroatoms. The molecule has 0 amide bonds. The van der Waals surface area contributed by atoms with Gasteiger partial charge in [-0.2, -0.15) is 0 Å². The fraction of sp³-hybridized carbons (Fsp3) is 1.00. The third-order valence-electron chi connectivity index (χ3n) is 3.97. The van der Waals surface area contributed by atoms with Gasteiger partial charge in [0.2, 0.25) is 0 Å². The second-order valence-corrected chi connectivity index (χ2v) is 5.88. The summed E-state index contributed by atoms with van der Waals surface area (Å²) in [7, 11) is 0. The zero-order valence-corrected chi connectivity index (χ0v) is 12.4. The highest BCUT2D eigenvalue weighted by Gasteiger charge is 2.19. The highest BCUT2D eigenvalue weighted by molar-refractivity contribution is 4.69. The minimum Gasteiger partial charge on any atom is -0.0654 e. The van der Waals surface area contributed by atoms with Gasteiger partial charge in [0.1, 0.15) is 0 Å². The molecule has 0 aliphatic rings. The average molecular weight is 226 g/mol. The quantitative estimate of drug-likeness (QED) is 0.397. The van der Waals surface area contributed by atoms with Crippen molar-refractivity contribution in [2.24, 2.45) is 17.8 Å². The Morgan fingerprint density at radius 3 is 1.81 bits per heavy atom. The first-order valence-corrected chi connectivity index (χ1v) is 7.63. The van der Waals surface area contributed by atoms with E-state index in [4.69, 9.17) is 0 Å². The van der Waals surface area contributed by atoms with E-state index in [1.165, 1.54) is 51.4 Å². The van der Waals surface area contributed by atoms with E-state index in [0.717, 1.165) is 17.8 Å². The van der Waals surface area contributed by atoms with Crippen LogP contribution >= 0.6 is 0 Å². The smallest absolute Gasteiger partial charge is 0.0365 e. The zero-order valence-electron chi connectivity index (χ0n) is 12.4. The van der Waals surface area contributed by atoms with Crippen LogP contribution in [0.1, 0.15) is 86.0 Å². The zero-order chi connectivity index (χ0) is 12.4. The van der Waals surface area contributed by atoms with E-state index in [-0.39, 0.29) is 0 Å². The number of hydrogen-bond acceptors (Lipinski definition) is 0. The van der Waals surface area contributed by atoms with Gasteiger partial charge >= 0.3 is 0 Å². The van der Waals surface area contributed by atoms with Crippen molar-refractivity contribution in [1.29, 1.82) is 0 Å². The lowest BCUT2D eigenvalue weighted by Gasteiger charge is -2.27. The highest BCUT2D eigenvalue weighted by Crippen LogP contribution is 2.29. The van der Waals surface area contributed by atoms with Crippen molar-refractivity contribution in [3.63, 3.8) is 0 Å². The Bertz CT molecular complexity index is 137. The fourth-order valence-electron chi connectivity index (χ4n) is 2.89. The molecule has 0 heterocycles. The molecular weight excluding hydrogens is 192 g/mol. The molecule has 16 heavy (non-hydrogen) atoms. The van der Waals surface area contributed by atoms with Crippen LogP contribution in [-0.2, 0) is 0 Å². The molecule has 2 atom stereocenters. The van der Waals surface area contributed by atoms with E-state index < -0.39 is 0 Å². The van der Waals surface area contributed by atoms with Gasteiger partial charge in [-0.15, -0.1) is 0 Å². The molecule has 98 valence electrons. The normalized spacial score (nSPS) is 15.4. The van der Waals surface area contributed by atoms with E-state index in [9.17, 15) is 0 Å². The molecule has 0 aromatic carbocycles. The van der Waals surface area contributed by atoms with Crippen molar-refractivity contribution in [3.05, 3.63) is 0 Å². The Labute approximate surface area is 104 Å². The molecule has 0 aliphatic carbocycles. The Morgan fingerprint density at radius 1 is 0.688 bits per heavy atom. The van der Waals surface area contributed by atoms with Gasteiger partial charge in [-0.25, -0.2) is 0 Å². The predicted octanol–water partition coefficient (Wildman–Crippen LogP) is 6.06. The van der Waals surface area contributed by atoms with E-state index in [0.29, 0.717) is 0 Å². The van der Waals surface area contributed by atoms with Crippen molar-refractivity contribution in [2.45, 2.75) is 86.0 Å². The summed E-state index contributed by atoms with van der Waals surface area (Å²) in [6.45, 7) is 11.9. The van der Waals surface area contributed by atoms with Gasteiger partial charge in [-0.3, -0.25) is 0 Å². The summed E-state index contributed by atoms with van der Waals surface area (Å²) in [5, 5.41) is 0. The summed E-state index contributed by atoms with van der Waals surface area (Å²) >= 11 is 0. The topological polar surface area (TPSA) is 0 Å². The van der Waals surface area contributed by atoms with E-state index in [2.05, 4.69) is 34.6 Å². The molecule has 0 saturated carbocycles. The Morgan fingerprint density at radius 2 is 1.31 bits per heavy atom. The lowest BCUT2D eigenvalue weighted by molar-refractivity contribution is 0.234. The second-order valence-electron chi connectivity index (χ2n) is 5.88. The molecular formula is C16H34. The first-order chi connectivity index (χ1) is 7.63. The fourth-order valence-corrected chi connectivity index (χ4v) is 2.89. The minimum atomic E-state index is 0.866. The van der Waals surface area contributed by atoms with E-state index in [1.807, 2.05) is 0 Å². The summed E-state index contributed by atoms with van der Waals surface area (Å²) in [5.41, 5.74) is 0. The minimum absolute atomic E-state index is 0.866. The molecule has 0 saturated heterocycles. The Kier molecular flexibility index (Phi) is 10.2. The molecule has 0 fully saturated rings. The molecule has 0 aromatic heterocycles. The lowest BCUT2D eigenvalue weighted by Crippen LogP contribution is -2.17. The predicted molar refractivity (Wildman–Crippen MR) is 75.8 cm³/mol. The van der Waals surface area contributed by atoms with Gasteiger partial charge in [0, 0.05) is 0 Å². The maximum absolute atomic E-state index is 2.47. The van der Waals surface area contributed by atoms with E-state index >= 15 is 0 Å². The SMILES string of the molecule is CCCCCCCC(C)C(CCC)C(C)C. The van der Waals surface area contributed by atoms with Crippen molar-refractivity contribution in [2.75, 3.05) is 0 Å². The number of rotatable bonds is 10. The van der Waals surface area contributed by atoms with Gasteiger partial charge in [0.25, 0.3) is 0 Å². The van der Waals surface area contributed by atoms with Crippen LogP contribution in [0.2, 0.25) is 0 Å². The third kappa shape index (κ3) is 7.30. The van der Waals surface area contributed by atoms with Crippen molar-refractivity contribution in [1.82, 2.24) is 0 Å². The van der Waals surface area contributed by atoms with Gasteiger partial charge in [0.05, 0.1) is 0 Å². The molecule has 0 bridgehead atoms. The molecule has 0 N–H and O–H groups in total. The monoisotopic (exact) mass is 226 g/mol. The number of hydrogen-bond donors (Lipinski definition) is 0. The van der Waals surface area contributed by atoms with Crippen LogP contribution in [0.5, 0.6) is 0 Å². The standard InChI is InChI=1S/C16H34/c1-6-8-9-10-11-13-15(5)16(12-7-2)14(3)4/h14-16H,6-13H2,1-5H3. The van der Waals surface area contributed by atoms with Crippen LogP contribution in [0.3, 0.4) is 0 Å². The summed E-state index contributed by atoms with van der Waals surface area (Å²) < 4.78 is 0. The first kappa shape index (κ1) is 16.0. The van der Waals surface area contributed by atoms with Crippen molar-refractivity contribution >= 4 is 0 Å². The van der Waals surface area contributed by atoms with Crippen molar-refractivity contribution < 1.29 is 0 Å². The molecule has 0 radical (unpaired) electrons. The van der Waals surface area contributed by atoms with Crippen LogP contribution in [0, 0.1) is 17.8 Å². The molecule has 0 aliphatic heterocycles. The number of unbranched alkanes of at least 4 members (excludes halogenated alkanes) is 4. The summed E-state index contributed by atoms with van der Waals surface area (Å²) in [6, 6.07) is 0. The summed E-state index contributed by atoms with van der Waals surface area (Å²) in [6.07, 6.45) is 11.4. The Hall–Kier alpha value is 0. The first-order valence-electron chi connectivity index (χ1n) is 7.63. The largest absolute Gasteiger partial charge is 0.0654 e. The highest BCUT2D eigenvalue weighted by atomic mass is 14.2. The Balaban J connectivity index is 3.69. The third-order valence-corrected chi connectivity index (χ3v) is 3.97. The summed E-state index contributed by atoms with van der Waals surface area (Å²) in [5.74, 6) is 2.75. The lowest BCUT2D eigenvalue weighted by atomic mass is 9.79. The molecule has 0 nitrogen and oxygen atoms in total. The average Bonchev–Trinajstić information content (AvgIpc) is 2.24. The van der Waals surface area contributed by atoms with Crippen molar-refractivity contribution in [3.8, 4) is 0 Å². The van der Waals surface area contributed by atoms with Crippen LogP contribution in [-0.4, -0.2) is 0 Å². The van der Waals surface area contributed by atoms with Gasteiger partial charge in [-0.05, 0) is 17.8 Å². The van der Waals surface area contributed by atoms with Gasteiger partial charge in [0.15, 0.2) is 0 Å². The molecule has 0 spiro atoms. The molecule has 0 aromatic rings. The van der Waals surface area contributed by atoms with Crippen LogP contribution in [0.15, 0.2) is 0 Å². The molecule has 0 rings (SSSR count).